The standard InChI is InChI=1S/C14H24N6O/c1-10-11(20-9-14(2,3)16-13(20)21)12(17-18(10)4)19-7-5-15-6-8-19/h15H,5-9H2,1-4H3,(H,16,21). The number of rotatable bonds is 2. The molecular formula is C14H24N6O. The molecule has 1 aromatic rings. The predicted octanol–water partition coefficient (Wildman–Crippen LogP) is 0.446. The van der Waals surface area contributed by atoms with E-state index in [1.807, 2.05) is 37.4 Å². The molecule has 0 bridgehead atoms. The number of hydrogen-bond acceptors (Lipinski definition) is 4. The van der Waals surface area contributed by atoms with Gasteiger partial charge in [0.15, 0.2) is 5.82 Å². The molecule has 2 amide bonds. The molecule has 2 fully saturated rings. The van der Waals surface area contributed by atoms with E-state index in [-0.39, 0.29) is 11.6 Å². The van der Waals surface area contributed by atoms with Crippen LogP contribution in [0.5, 0.6) is 0 Å². The number of aromatic nitrogens is 2. The minimum Gasteiger partial charge on any atom is -0.351 e. The lowest BCUT2D eigenvalue weighted by molar-refractivity contribution is 0.248. The summed E-state index contributed by atoms with van der Waals surface area (Å²) < 4.78 is 1.87. The molecule has 0 aromatic carbocycles. The van der Waals surface area contributed by atoms with Crippen molar-refractivity contribution in [3.05, 3.63) is 5.69 Å². The lowest BCUT2D eigenvalue weighted by atomic mass is 10.1. The Kier molecular flexibility index (Phi) is 3.32. The maximum atomic E-state index is 12.3. The Labute approximate surface area is 125 Å². The topological polar surface area (TPSA) is 65.4 Å². The summed E-state index contributed by atoms with van der Waals surface area (Å²) in [6, 6.07) is -0.0347. The zero-order valence-corrected chi connectivity index (χ0v) is 13.2. The summed E-state index contributed by atoms with van der Waals surface area (Å²) in [6.07, 6.45) is 0. The van der Waals surface area contributed by atoms with Crippen molar-refractivity contribution >= 4 is 17.5 Å². The number of hydrogen-bond donors (Lipinski definition) is 2. The summed E-state index contributed by atoms with van der Waals surface area (Å²) in [5.74, 6) is 0.921. The maximum Gasteiger partial charge on any atom is 0.322 e. The summed E-state index contributed by atoms with van der Waals surface area (Å²) in [6.45, 7) is 10.5. The van der Waals surface area contributed by atoms with E-state index in [4.69, 9.17) is 0 Å². The van der Waals surface area contributed by atoms with Gasteiger partial charge in [0.1, 0.15) is 5.69 Å². The van der Waals surface area contributed by atoms with Crippen molar-refractivity contribution in [2.24, 2.45) is 7.05 Å². The Morgan fingerprint density at radius 1 is 1.24 bits per heavy atom. The van der Waals surface area contributed by atoms with Gasteiger partial charge in [-0.25, -0.2) is 4.79 Å². The molecule has 3 rings (SSSR count). The van der Waals surface area contributed by atoms with Crippen LogP contribution in [0.1, 0.15) is 19.5 Å². The number of anilines is 2. The third-order valence-electron chi connectivity index (χ3n) is 4.21. The van der Waals surface area contributed by atoms with Crippen LogP contribution >= 0.6 is 0 Å². The number of aryl methyl sites for hydroxylation is 1. The first-order chi connectivity index (χ1) is 9.89. The number of nitrogens with one attached hydrogen (secondary N) is 2. The van der Waals surface area contributed by atoms with Crippen LogP contribution in [0, 0.1) is 6.92 Å². The minimum atomic E-state index is -0.208. The minimum absolute atomic E-state index is 0.0347. The normalized spacial score (nSPS) is 21.8. The molecule has 21 heavy (non-hydrogen) atoms. The van der Waals surface area contributed by atoms with E-state index in [1.165, 1.54) is 0 Å². The van der Waals surface area contributed by atoms with Crippen LogP contribution in [0.2, 0.25) is 0 Å². The highest BCUT2D eigenvalue weighted by molar-refractivity contribution is 5.98. The van der Waals surface area contributed by atoms with E-state index in [2.05, 4.69) is 20.6 Å². The zero-order valence-electron chi connectivity index (χ0n) is 13.2. The van der Waals surface area contributed by atoms with E-state index in [9.17, 15) is 4.79 Å². The molecule has 2 N–H and O–H groups in total. The lowest BCUT2D eigenvalue weighted by Gasteiger charge is -2.29. The van der Waals surface area contributed by atoms with Crippen molar-refractivity contribution in [1.29, 1.82) is 0 Å². The summed E-state index contributed by atoms with van der Waals surface area (Å²) in [7, 11) is 1.93. The van der Waals surface area contributed by atoms with Crippen molar-refractivity contribution in [2.45, 2.75) is 26.3 Å². The van der Waals surface area contributed by atoms with Crippen molar-refractivity contribution in [1.82, 2.24) is 20.4 Å². The summed E-state index contributed by atoms with van der Waals surface area (Å²) >= 11 is 0. The van der Waals surface area contributed by atoms with Gasteiger partial charge in [-0.2, -0.15) is 5.10 Å². The smallest absolute Gasteiger partial charge is 0.322 e. The molecule has 7 nitrogen and oxygen atoms in total. The van der Waals surface area contributed by atoms with E-state index >= 15 is 0 Å². The molecule has 0 spiro atoms. The first-order valence-electron chi connectivity index (χ1n) is 7.48. The Hall–Kier alpha value is -1.76. The van der Waals surface area contributed by atoms with Gasteiger partial charge < -0.3 is 15.5 Å². The molecule has 116 valence electrons. The molecule has 0 atom stereocenters. The highest BCUT2D eigenvalue weighted by Crippen LogP contribution is 2.35. The number of amides is 2. The van der Waals surface area contributed by atoms with Gasteiger partial charge >= 0.3 is 6.03 Å². The fourth-order valence-electron chi connectivity index (χ4n) is 3.03. The van der Waals surface area contributed by atoms with Gasteiger partial charge in [-0.3, -0.25) is 9.58 Å². The molecule has 7 heteroatoms. The van der Waals surface area contributed by atoms with Crippen LogP contribution in [-0.4, -0.2) is 54.1 Å². The molecule has 1 aromatic heterocycles. The average Bonchev–Trinajstić information content (AvgIpc) is 2.87. The first kappa shape index (κ1) is 14.2. The van der Waals surface area contributed by atoms with Gasteiger partial charge in [0, 0.05) is 33.2 Å². The number of piperazine rings is 1. The highest BCUT2D eigenvalue weighted by atomic mass is 16.2. The van der Waals surface area contributed by atoms with Crippen molar-refractivity contribution in [3.63, 3.8) is 0 Å². The van der Waals surface area contributed by atoms with Gasteiger partial charge in [-0.1, -0.05) is 0 Å². The zero-order chi connectivity index (χ0) is 15.2. The lowest BCUT2D eigenvalue weighted by Crippen LogP contribution is -2.44. The second-order valence-electron chi connectivity index (χ2n) is 6.52. The highest BCUT2D eigenvalue weighted by Gasteiger charge is 2.39. The average molecular weight is 292 g/mol. The van der Waals surface area contributed by atoms with Crippen LogP contribution in [0.3, 0.4) is 0 Å². The number of nitrogens with zero attached hydrogens (tertiary/aromatic N) is 4. The number of urea groups is 1. The van der Waals surface area contributed by atoms with Crippen LogP contribution in [0.25, 0.3) is 0 Å². The second-order valence-corrected chi connectivity index (χ2v) is 6.52. The largest absolute Gasteiger partial charge is 0.351 e. The van der Waals surface area contributed by atoms with Crippen LogP contribution in [0.15, 0.2) is 0 Å². The van der Waals surface area contributed by atoms with Crippen molar-refractivity contribution < 1.29 is 4.79 Å². The second kappa shape index (κ2) is 4.91. The van der Waals surface area contributed by atoms with E-state index in [0.29, 0.717) is 6.54 Å². The van der Waals surface area contributed by atoms with E-state index in [0.717, 1.165) is 43.4 Å². The van der Waals surface area contributed by atoms with E-state index in [1.54, 1.807) is 0 Å². The predicted molar refractivity (Wildman–Crippen MR) is 83.0 cm³/mol. The first-order valence-corrected chi connectivity index (χ1v) is 7.48. The molecular weight excluding hydrogens is 268 g/mol. The quantitative estimate of drug-likeness (QED) is 0.830. The summed E-state index contributed by atoms with van der Waals surface area (Å²) in [5.41, 5.74) is 1.76. The van der Waals surface area contributed by atoms with Crippen LogP contribution < -0.4 is 20.4 Å². The molecule has 3 heterocycles. The van der Waals surface area contributed by atoms with Gasteiger partial charge in [0.25, 0.3) is 0 Å². The van der Waals surface area contributed by atoms with Crippen LogP contribution in [-0.2, 0) is 7.05 Å². The van der Waals surface area contributed by atoms with E-state index < -0.39 is 0 Å². The third-order valence-corrected chi connectivity index (χ3v) is 4.21. The molecule has 2 aliphatic rings. The molecule has 0 aliphatic carbocycles. The van der Waals surface area contributed by atoms with Gasteiger partial charge in [0.2, 0.25) is 0 Å². The monoisotopic (exact) mass is 292 g/mol. The number of carbonyl (C=O) groups is 1. The van der Waals surface area contributed by atoms with Gasteiger partial charge in [-0.05, 0) is 20.8 Å². The summed E-state index contributed by atoms with van der Waals surface area (Å²) in [5, 5.41) is 11.0. The third kappa shape index (κ3) is 2.46. The van der Waals surface area contributed by atoms with Crippen molar-refractivity contribution in [2.75, 3.05) is 42.5 Å². The molecule has 0 radical (unpaired) electrons. The van der Waals surface area contributed by atoms with Crippen molar-refractivity contribution in [3.8, 4) is 0 Å². The molecule has 0 unspecified atom stereocenters. The Bertz CT molecular complexity index is 558. The Morgan fingerprint density at radius 3 is 2.48 bits per heavy atom. The van der Waals surface area contributed by atoms with Gasteiger partial charge in [0.05, 0.1) is 17.8 Å². The van der Waals surface area contributed by atoms with Gasteiger partial charge in [-0.15, -0.1) is 0 Å². The Balaban J connectivity index is 1.99. The molecule has 0 saturated carbocycles. The fraction of sp³-hybridized carbons (Fsp3) is 0.714. The summed E-state index contributed by atoms with van der Waals surface area (Å²) in [4.78, 5) is 16.4. The maximum absolute atomic E-state index is 12.3. The number of carbonyl (C=O) groups excluding carboxylic acids is 1. The Morgan fingerprint density at radius 2 is 1.90 bits per heavy atom. The molecule has 2 saturated heterocycles. The molecule has 2 aliphatic heterocycles. The fourth-order valence-corrected chi connectivity index (χ4v) is 3.03. The van der Waals surface area contributed by atoms with Crippen LogP contribution in [0.4, 0.5) is 16.3 Å². The SMILES string of the molecule is Cc1c(N2CC(C)(C)NC2=O)c(N2CCNCC2)nn1C.